The fourth-order valence-corrected chi connectivity index (χ4v) is 9.21. The average Bonchev–Trinajstić information content (AvgIpc) is 3.69. The summed E-state index contributed by atoms with van der Waals surface area (Å²) in [6.45, 7) is 30.2. The number of hydrogen-bond acceptors (Lipinski definition) is 0. The smallest absolute Gasteiger partial charge is 0.171 e. The van der Waals surface area contributed by atoms with E-state index in [1.165, 1.54) is 85.5 Å². The van der Waals surface area contributed by atoms with Gasteiger partial charge in [0.1, 0.15) is 0 Å². The quantitative estimate of drug-likeness (QED) is 0.137. The first-order chi connectivity index (χ1) is 21.6. The normalized spacial score (nSPS) is 18.4. The van der Waals surface area contributed by atoms with E-state index >= 15 is 0 Å². The zero-order chi connectivity index (χ0) is 34.6. The molecule has 0 aliphatic heterocycles. The summed E-state index contributed by atoms with van der Waals surface area (Å²) < 4.78 is 3.34. The van der Waals surface area contributed by atoms with E-state index in [4.69, 9.17) is 0 Å². The molecule has 0 fully saturated rings. The molecule has 7 rings (SSSR count). The van der Waals surface area contributed by atoms with Crippen molar-refractivity contribution in [2.45, 2.75) is 99.2 Å². The van der Waals surface area contributed by atoms with Crippen LogP contribution in [0, 0.1) is 31.1 Å². The number of fused-ring (bicyclic) bond motifs is 5. The van der Waals surface area contributed by atoms with Gasteiger partial charge < -0.3 is 6.92 Å². The number of hydrogen-bond donors (Lipinski definition) is 0. The van der Waals surface area contributed by atoms with Crippen molar-refractivity contribution in [1.29, 1.82) is 0 Å². The zero-order valence-electron chi connectivity index (χ0n) is 30.5. The Labute approximate surface area is 298 Å². The van der Waals surface area contributed by atoms with Crippen molar-refractivity contribution in [1.82, 2.24) is 0 Å². The van der Waals surface area contributed by atoms with Gasteiger partial charge in [0, 0.05) is 5.41 Å². The Morgan fingerprint density at radius 3 is 1.76 bits per heavy atom. The van der Waals surface area contributed by atoms with Gasteiger partial charge in [-0.3, -0.25) is 12.2 Å². The molecule has 242 valence electrons. The van der Waals surface area contributed by atoms with Crippen LogP contribution in [0.5, 0.6) is 0 Å². The average molecular weight is 702 g/mol. The molecular weight excluding hydrogens is 648 g/mol. The van der Waals surface area contributed by atoms with Crippen LogP contribution >= 0.6 is 0 Å². The van der Waals surface area contributed by atoms with E-state index in [0.29, 0.717) is 5.92 Å². The fourth-order valence-electron chi connectivity index (χ4n) is 7.27. The SMILES string of the molecule is CC1=[C-]C(C)(C)c2cc3c(cc21)-c1cc2c(cc1C3)C(C)(C)C=C2C.CC1=[C-]C(C)C=C1[Si](C)(C)C.[CH2-]C.[CH2]=[Zr].[c-]1ccccc1. The molecular formula is C44H54SiZr-4. The molecule has 0 saturated carbocycles. The molecule has 0 nitrogen and oxygen atoms in total. The van der Waals surface area contributed by atoms with Crippen molar-refractivity contribution < 1.29 is 24.2 Å². The van der Waals surface area contributed by atoms with Gasteiger partial charge >= 0.3 is 28.4 Å². The molecule has 2 heteroatoms. The number of benzene rings is 3. The van der Waals surface area contributed by atoms with E-state index in [9.17, 15) is 0 Å². The van der Waals surface area contributed by atoms with Crippen LogP contribution in [-0.4, -0.2) is 12.3 Å². The predicted octanol–water partition coefficient (Wildman–Crippen LogP) is 11.9. The van der Waals surface area contributed by atoms with E-state index in [0.717, 1.165) is 6.42 Å². The summed E-state index contributed by atoms with van der Waals surface area (Å²) >= 11 is 1.30. The molecule has 0 amide bonds. The van der Waals surface area contributed by atoms with Gasteiger partial charge in [-0.1, -0.05) is 97.6 Å². The second-order valence-electron chi connectivity index (χ2n) is 14.7. The Hall–Kier alpha value is -2.41. The van der Waals surface area contributed by atoms with E-state index in [2.05, 4.69) is 141 Å². The molecule has 0 radical (unpaired) electrons. The van der Waals surface area contributed by atoms with Gasteiger partial charge in [0.2, 0.25) is 0 Å². The summed E-state index contributed by atoms with van der Waals surface area (Å²) in [6, 6.07) is 22.3. The summed E-state index contributed by atoms with van der Waals surface area (Å²) in [6.07, 6.45) is 12.9. The maximum atomic E-state index is 3.65. The summed E-state index contributed by atoms with van der Waals surface area (Å²) in [4.78, 5) is 0. The van der Waals surface area contributed by atoms with Gasteiger partial charge in [-0.25, -0.2) is 16.3 Å². The Morgan fingerprint density at radius 2 is 1.33 bits per heavy atom. The van der Waals surface area contributed by atoms with Crippen LogP contribution in [-0.2, 0) is 41.5 Å². The molecule has 46 heavy (non-hydrogen) atoms. The molecule has 4 aliphatic rings. The summed E-state index contributed by atoms with van der Waals surface area (Å²) in [5.74, 6) is 0.553. The van der Waals surface area contributed by atoms with Gasteiger partial charge in [0.05, 0.1) is 0 Å². The number of allylic oxidation sites excluding steroid dienone is 8. The maximum absolute atomic E-state index is 3.65. The largest absolute Gasteiger partial charge is 0.184 e. The van der Waals surface area contributed by atoms with Crippen molar-refractivity contribution in [2.24, 2.45) is 5.92 Å². The van der Waals surface area contributed by atoms with Crippen LogP contribution < -0.4 is 0 Å². The minimum Gasteiger partial charge on any atom is -0.184 e. The third-order valence-electron chi connectivity index (χ3n) is 9.11. The monoisotopic (exact) mass is 700 g/mol. The van der Waals surface area contributed by atoms with Crippen LogP contribution in [0.1, 0.15) is 95.7 Å². The number of rotatable bonds is 1. The van der Waals surface area contributed by atoms with E-state index < -0.39 is 8.07 Å². The van der Waals surface area contributed by atoms with Crippen LogP contribution in [0.4, 0.5) is 0 Å². The van der Waals surface area contributed by atoms with Crippen molar-refractivity contribution in [2.75, 3.05) is 0 Å². The van der Waals surface area contributed by atoms with Crippen molar-refractivity contribution in [3.05, 3.63) is 136 Å². The Morgan fingerprint density at radius 1 is 0.783 bits per heavy atom. The topological polar surface area (TPSA) is 0 Å². The van der Waals surface area contributed by atoms with Crippen molar-refractivity contribution >= 4 is 23.4 Å². The van der Waals surface area contributed by atoms with Gasteiger partial charge in [0.25, 0.3) is 0 Å². The Kier molecular flexibility index (Phi) is 12.6. The molecule has 0 N–H and O–H groups in total. The molecule has 0 bridgehead atoms. The molecule has 0 aromatic heterocycles. The van der Waals surface area contributed by atoms with Gasteiger partial charge in [0.15, 0.2) is 0 Å². The molecule has 0 heterocycles. The third kappa shape index (κ3) is 8.17. The Balaban J connectivity index is 0.000000227. The third-order valence-corrected chi connectivity index (χ3v) is 11.3. The molecule has 1 unspecified atom stereocenters. The standard InChI is InChI=1S/C25H25.C10H17Si.C6H5.C2H5.CH2.Zr/c1-14-12-24(3,4)22-8-16-7-17-9-23-19(15(2)13-25(23,5)6)11-21(17)20(16)10-18(14)22;1-8-6-9(2)10(7-8)11(3,4)5;1-2-4-6-5-3-1;1-2;;/h8-12H,7H2,1-6H3;7-8H,1-5H3;1-5H;1H2,2H3;1H2;/q4*-1;;. The second-order valence-corrected chi connectivity index (χ2v) is 19.7. The maximum Gasteiger partial charge on any atom is -0.171 e. The van der Waals surface area contributed by atoms with Crippen LogP contribution in [0.25, 0.3) is 22.3 Å². The Bertz CT molecular complexity index is 1560. The van der Waals surface area contributed by atoms with Crippen LogP contribution in [0.15, 0.2) is 77.5 Å². The summed E-state index contributed by atoms with van der Waals surface area (Å²) in [5.41, 5.74) is 15.9. The summed E-state index contributed by atoms with van der Waals surface area (Å²) in [7, 11) is -1.07. The molecule has 0 spiro atoms. The van der Waals surface area contributed by atoms with E-state index in [-0.39, 0.29) is 10.8 Å². The molecule has 0 saturated heterocycles. The zero-order valence-corrected chi connectivity index (χ0v) is 34.0. The minimum absolute atomic E-state index is 0.0340. The minimum atomic E-state index is -1.07. The van der Waals surface area contributed by atoms with Gasteiger partial charge in [-0.2, -0.15) is 55.0 Å². The predicted molar refractivity (Wildman–Crippen MR) is 203 cm³/mol. The summed E-state index contributed by atoms with van der Waals surface area (Å²) in [5, 5.41) is 1.60. The molecule has 3 aromatic rings. The first kappa shape index (κ1) is 38.0. The van der Waals surface area contributed by atoms with Gasteiger partial charge in [-0.15, -0.1) is 11.6 Å². The first-order valence-electron chi connectivity index (χ1n) is 16.6. The fraction of sp³-hybridized carbons (Fsp3) is 0.364. The second kappa shape index (κ2) is 15.2. The first-order valence-corrected chi connectivity index (χ1v) is 21.8. The molecule has 3 aromatic carbocycles. The molecule has 1 atom stereocenters. The van der Waals surface area contributed by atoms with Crippen molar-refractivity contribution in [3.8, 4) is 11.1 Å². The van der Waals surface area contributed by atoms with Crippen LogP contribution in [0.3, 0.4) is 0 Å². The van der Waals surface area contributed by atoms with Gasteiger partial charge in [-0.05, 0) is 66.4 Å². The van der Waals surface area contributed by atoms with E-state index in [1.807, 2.05) is 30.3 Å². The van der Waals surface area contributed by atoms with E-state index in [1.54, 1.807) is 12.1 Å². The molecule has 4 aliphatic carbocycles. The van der Waals surface area contributed by atoms with Crippen LogP contribution in [0.2, 0.25) is 19.6 Å². The van der Waals surface area contributed by atoms with Crippen molar-refractivity contribution in [3.63, 3.8) is 0 Å².